The molecule has 0 bridgehead atoms. The third kappa shape index (κ3) is 3.24. The highest BCUT2D eigenvalue weighted by atomic mass is 16.1. The SMILES string of the molecule is NCCC#Cc1cccc(N=C=O)c1. The molecule has 14 heavy (non-hydrogen) atoms. The van der Waals surface area contributed by atoms with Crippen LogP contribution in [0.2, 0.25) is 0 Å². The maximum Gasteiger partial charge on any atom is 0.240 e. The minimum absolute atomic E-state index is 0.555. The lowest BCUT2D eigenvalue weighted by molar-refractivity contribution is 0.565. The molecule has 1 aromatic rings. The van der Waals surface area contributed by atoms with Gasteiger partial charge in [0.1, 0.15) is 0 Å². The zero-order valence-corrected chi connectivity index (χ0v) is 7.66. The molecule has 0 aliphatic heterocycles. The second-order valence-electron chi connectivity index (χ2n) is 2.59. The predicted octanol–water partition coefficient (Wildman–Crippen LogP) is 1.35. The first-order valence-corrected chi connectivity index (χ1v) is 4.23. The predicted molar refractivity (Wildman–Crippen MR) is 54.8 cm³/mol. The summed E-state index contributed by atoms with van der Waals surface area (Å²) < 4.78 is 0. The van der Waals surface area contributed by atoms with E-state index >= 15 is 0 Å². The van der Waals surface area contributed by atoms with E-state index in [0.717, 1.165) is 5.56 Å². The number of nitrogens with zero attached hydrogens (tertiary/aromatic N) is 1. The van der Waals surface area contributed by atoms with E-state index in [1.807, 2.05) is 6.07 Å². The Kier molecular flexibility index (Phi) is 4.16. The van der Waals surface area contributed by atoms with Gasteiger partial charge in [0, 0.05) is 18.5 Å². The highest BCUT2D eigenvalue weighted by Crippen LogP contribution is 2.12. The van der Waals surface area contributed by atoms with Gasteiger partial charge in [0.25, 0.3) is 0 Å². The zero-order chi connectivity index (χ0) is 10.2. The van der Waals surface area contributed by atoms with Crippen molar-refractivity contribution in [1.82, 2.24) is 0 Å². The summed E-state index contributed by atoms with van der Waals surface area (Å²) in [4.78, 5) is 13.5. The van der Waals surface area contributed by atoms with Crippen LogP contribution in [0.15, 0.2) is 29.3 Å². The van der Waals surface area contributed by atoms with Crippen LogP contribution < -0.4 is 5.73 Å². The second kappa shape index (κ2) is 5.71. The first-order valence-electron chi connectivity index (χ1n) is 4.23. The fourth-order valence-corrected chi connectivity index (χ4v) is 0.943. The van der Waals surface area contributed by atoms with Crippen LogP contribution in [0.4, 0.5) is 5.69 Å². The van der Waals surface area contributed by atoms with Gasteiger partial charge in [0.2, 0.25) is 6.08 Å². The molecular formula is C11H10N2O. The van der Waals surface area contributed by atoms with Gasteiger partial charge in [-0.1, -0.05) is 17.9 Å². The Labute approximate surface area is 82.7 Å². The van der Waals surface area contributed by atoms with Crippen LogP contribution in [0, 0.1) is 11.8 Å². The standard InChI is InChI=1S/C11H10N2O/c12-7-2-1-4-10-5-3-6-11(8-10)13-9-14/h3,5-6,8H,2,7,12H2. The lowest BCUT2D eigenvalue weighted by Crippen LogP contribution is -1.95. The van der Waals surface area contributed by atoms with Gasteiger partial charge in [-0.15, -0.1) is 0 Å². The van der Waals surface area contributed by atoms with Crippen molar-refractivity contribution in [2.24, 2.45) is 10.7 Å². The third-order valence-electron chi connectivity index (χ3n) is 1.52. The van der Waals surface area contributed by atoms with E-state index in [1.165, 1.54) is 6.08 Å². The summed E-state index contributed by atoms with van der Waals surface area (Å²) in [5, 5.41) is 0. The van der Waals surface area contributed by atoms with E-state index < -0.39 is 0 Å². The van der Waals surface area contributed by atoms with Crippen molar-refractivity contribution in [2.75, 3.05) is 6.54 Å². The number of hydrogen-bond donors (Lipinski definition) is 1. The Morgan fingerprint density at radius 1 is 1.43 bits per heavy atom. The zero-order valence-electron chi connectivity index (χ0n) is 7.66. The van der Waals surface area contributed by atoms with Gasteiger partial charge in [0.05, 0.1) is 5.69 Å². The second-order valence-corrected chi connectivity index (χ2v) is 2.59. The van der Waals surface area contributed by atoms with Gasteiger partial charge in [-0.25, -0.2) is 4.79 Å². The molecule has 0 saturated carbocycles. The highest BCUT2D eigenvalue weighted by molar-refractivity contribution is 5.52. The Balaban J connectivity index is 2.84. The average Bonchev–Trinajstić information content (AvgIpc) is 2.19. The molecule has 0 saturated heterocycles. The minimum Gasteiger partial charge on any atom is -0.330 e. The van der Waals surface area contributed by atoms with Crippen LogP contribution in [-0.2, 0) is 4.79 Å². The smallest absolute Gasteiger partial charge is 0.240 e. The van der Waals surface area contributed by atoms with Crippen LogP contribution >= 0.6 is 0 Å². The van der Waals surface area contributed by atoms with Crippen molar-refractivity contribution in [3.8, 4) is 11.8 Å². The van der Waals surface area contributed by atoms with Crippen molar-refractivity contribution < 1.29 is 4.79 Å². The Morgan fingerprint density at radius 2 is 2.29 bits per heavy atom. The molecule has 2 N–H and O–H groups in total. The summed E-state index contributed by atoms with van der Waals surface area (Å²) in [6, 6.07) is 7.10. The van der Waals surface area contributed by atoms with Gasteiger partial charge < -0.3 is 5.73 Å². The molecule has 0 aliphatic rings. The van der Waals surface area contributed by atoms with Crippen LogP contribution in [0.1, 0.15) is 12.0 Å². The monoisotopic (exact) mass is 186 g/mol. The molecule has 0 radical (unpaired) electrons. The van der Waals surface area contributed by atoms with Gasteiger partial charge in [-0.05, 0) is 18.2 Å². The van der Waals surface area contributed by atoms with Crippen LogP contribution in [0.5, 0.6) is 0 Å². The molecule has 1 rings (SSSR count). The molecular weight excluding hydrogens is 176 g/mol. The molecule has 0 spiro atoms. The maximum atomic E-state index is 10.0. The summed E-state index contributed by atoms with van der Waals surface area (Å²) in [6.45, 7) is 0.555. The van der Waals surface area contributed by atoms with E-state index in [4.69, 9.17) is 5.73 Å². The van der Waals surface area contributed by atoms with Gasteiger partial charge in [-0.3, -0.25) is 0 Å². The van der Waals surface area contributed by atoms with Gasteiger partial charge in [0.15, 0.2) is 0 Å². The average molecular weight is 186 g/mol. The van der Waals surface area contributed by atoms with Crippen molar-refractivity contribution >= 4 is 11.8 Å². The van der Waals surface area contributed by atoms with Crippen molar-refractivity contribution in [3.63, 3.8) is 0 Å². The molecule has 70 valence electrons. The van der Waals surface area contributed by atoms with Gasteiger partial charge >= 0.3 is 0 Å². The molecule has 1 aromatic carbocycles. The molecule has 0 fully saturated rings. The number of hydrogen-bond acceptors (Lipinski definition) is 3. The first-order chi connectivity index (χ1) is 6.86. The summed E-state index contributed by atoms with van der Waals surface area (Å²) in [7, 11) is 0. The highest BCUT2D eigenvalue weighted by Gasteiger charge is 1.89. The number of nitrogens with two attached hydrogens (primary N) is 1. The minimum atomic E-state index is 0.555. The number of benzene rings is 1. The summed E-state index contributed by atoms with van der Waals surface area (Å²) in [5.41, 5.74) is 6.70. The Bertz CT molecular complexity index is 409. The first kappa shape index (κ1) is 10.2. The van der Waals surface area contributed by atoms with Gasteiger partial charge in [-0.2, -0.15) is 4.99 Å². The maximum absolute atomic E-state index is 10.0. The van der Waals surface area contributed by atoms with E-state index in [9.17, 15) is 4.79 Å². The number of isocyanates is 1. The largest absolute Gasteiger partial charge is 0.330 e. The lowest BCUT2D eigenvalue weighted by atomic mass is 10.2. The van der Waals surface area contributed by atoms with E-state index in [-0.39, 0.29) is 0 Å². The molecule has 0 aliphatic carbocycles. The molecule has 0 unspecified atom stereocenters. The number of rotatable bonds is 2. The number of carbonyl (C=O) groups excluding carboxylic acids is 1. The number of aliphatic imine (C=N–C) groups is 1. The van der Waals surface area contributed by atoms with Crippen molar-refractivity contribution in [2.45, 2.75) is 6.42 Å². The fourth-order valence-electron chi connectivity index (χ4n) is 0.943. The summed E-state index contributed by atoms with van der Waals surface area (Å²) in [6.07, 6.45) is 2.15. The molecule has 3 nitrogen and oxygen atoms in total. The summed E-state index contributed by atoms with van der Waals surface area (Å²) >= 11 is 0. The van der Waals surface area contributed by atoms with Crippen molar-refractivity contribution in [3.05, 3.63) is 29.8 Å². The van der Waals surface area contributed by atoms with Crippen LogP contribution in [0.25, 0.3) is 0 Å². The normalized spacial score (nSPS) is 8.36. The Morgan fingerprint density at radius 3 is 3.00 bits per heavy atom. The van der Waals surface area contributed by atoms with E-state index in [0.29, 0.717) is 18.7 Å². The lowest BCUT2D eigenvalue weighted by Gasteiger charge is -1.91. The Hall–Kier alpha value is -1.88. The molecule has 0 amide bonds. The van der Waals surface area contributed by atoms with E-state index in [1.54, 1.807) is 18.2 Å². The van der Waals surface area contributed by atoms with Crippen LogP contribution in [0.3, 0.4) is 0 Å². The van der Waals surface area contributed by atoms with E-state index in [2.05, 4.69) is 16.8 Å². The van der Waals surface area contributed by atoms with Crippen LogP contribution in [-0.4, -0.2) is 12.6 Å². The molecule has 0 aromatic heterocycles. The third-order valence-corrected chi connectivity index (χ3v) is 1.52. The van der Waals surface area contributed by atoms with Crippen molar-refractivity contribution in [1.29, 1.82) is 0 Å². The topological polar surface area (TPSA) is 55.4 Å². The fraction of sp³-hybridized carbons (Fsp3) is 0.182. The molecule has 0 heterocycles. The molecule has 3 heteroatoms. The summed E-state index contributed by atoms with van der Waals surface area (Å²) in [5.74, 6) is 5.83. The quantitative estimate of drug-likeness (QED) is 0.430. The molecule has 0 atom stereocenters.